The van der Waals surface area contributed by atoms with Crippen LogP contribution in [0.1, 0.15) is 22.9 Å². The SMILES string of the molecule is Cc1cc(CC(=O)N2C[C@@H](CN)[C@H](c3ccccc3)C2)no1.Cl. The summed E-state index contributed by atoms with van der Waals surface area (Å²) in [6.45, 7) is 3.85. The van der Waals surface area contributed by atoms with Crippen molar-refractivity contribution in [2.75, 3.05) is 19.6 Å². The minimum atomic E-state index is 0. The quantitative estimate of drug-likeness (QED) is 0.929. The van der Waals surface area contributed by atoms with E-state index in [4.69, 9.17) is 10.3 Å². The first kappa shape index (κ1) is 17.5. The number of amides is 1. The number of benzene rings is 1. The maximum Gasteiger partial charge on any atom is 0.228 e. The second-order valence-electron chi connectivity index (χ2n) is 5.92. The van der Waals surface area contributed by atoms with Crippen LogP contribution < -0.4 is 5.73 Å². The van der Waals surface area contributed by atoms with Crippen molar-refractivity contribution in [1.29, 1.82) is 0 Å². The predicted octanol–water partition coefficient (Wildman–Crippen LogP) is 2.15. The van der Waals surface area contributed by atoms with Crippen molar-refractivity contribution < 1.29 is 9.32 Å². The van der Waals surface area contributed by atoms with Gasteiger partial charge in [-0.05, 0) is 24.9 Å². The largest absolute Gasteiger partial charge is 0.361 e. The smallest absolute Gasteiger partial charge is 0.228 e. The molecule has 0 spiro atoms. The van der Waals surface area contributed by atoms with Gasteiger partial charge in [-0.25, -0.2) is 0 Å². The first-order valence-corrected chi connectivity index (χ1v) is 7.62. The third-order valence-electron chi connectivity index (χ3n) is 4.33. The van der Waals surface area contributed by atoms with Crippen LogP contribution in [0.3, 0.4) is 0 Å². The van der Waals surface area contributed by atoms with Gasteiger partial charge in [0.05, 0.1) is 12.1 Å². The molecule has 5 nitrogen and oxygen atoms in total. The van der Waals surface area contributed by atoms with E-state index in [0.717, 1.165) is 12.3 Å². The molecule has 124 valence electrons. The van der Waals surface area contributed by atoms with E-state index >= 15 is 0 Å². The second kappa shape index (κ2) is 7.62. The van der Waals surface area contributed by atoms with Gasteiger partial charge >= 0.3 is 0 Å². The van der Waals surface area contributed by atoms with Crippen LogP contribution in [0.15, 0.2) is 40.9 Å². The topological polar surface area (TPSA) is 72.4 Å². The zero-order chi connectivity index (χ0) is 15.5. The van der Waals surface area contributed by atoms with Crippen molar-refractivity contribution in [3.63, 3.8) is 0 Å². The van der Waals surface area contributed by atoms with Crippen LogP contribution in [0.25, 0.3) is 0 Å². The minimum absolute atomic E-state index is 0. The molecule has 2 heterocycles. The Balaban J connectivity index is 0.00000192. The summed E-state index contributed by atoms with van der Waals surface area (Å²) < 4.78 is 5.02. The molecule has 23 heavy (non-hydrogen) atoms. The third-order valence-corrected chi connectivity index (χ3v) is 4.33. The van der Waals surface area contributed by atoms with E-state index in [-0.39, 0.29) is 24.7 Å². The summed E-state index contributed by atoms with van der Waals surface area (Å²) >= 11 is 0. The maximum atomic E-state index is 12.5. The number of hydrogen-bond acceptors (Lipinski definition) is 4. The Morgan fingerprint density at radius 2 is 2.09 bits per heavy atom. The Kier molecular flexibility index (Phi) is 5.80. The van der Waals surface area contributed by atoms with Gasteiger partial charge in [-0.1, -0.05) is 35.5 Å². The van der Waals surface area contributed by atoms with E-state index in [2.05, 4.69) is 17.3 Å². The Labute approximate surface area is 142 Å². The van der Waals surface area contributed by atoms with Crippen LogP contribution in [0.2, 0.25) is 0 Å². The van der Waals surface area contributed by atoms with Crippen molar-refractivity contribution >= 4 is 18.3 Å². The Morgan fingerprint density at radius 1 is 1.35 bits per heavy atom. The number of nitrogens with two attached hydrogens (primary N) is 1. The van der Waals surface area contributed by atoms with Crippen LogP contribution in [-0.2, 0) is 11.2 Å². The molecule has 2 N–H and O–H groups in total. The normalized spacial score (nSPS) is 20.3. The fraction of sp³-hybridized carbons (Fsp3) is 0.412. The van der Waals surface area contributed by atoms with Crippen molar-refractivity contribution in [2.45, 2.75) is 19.3 Å². The summed E-state index contributed by atoms with van der Waals surface area (Å²) in [5, 5.41) is 3.90. The maximum absolute atomic E-state index is 12.5. The molecule has 0 bridgehead atoms. The molecular formula is C17H22ClN3O2. The first-order valence-electron chi connectivity index (χ1n) is 7.62. The average Bonchev–Trinajstić information content (AvgIpc) is 3.14. The van der Waals surface area contributed by atoms with Crippen molar-refractivity contribution in [3.8, 4) is 0 Å². The van der Waals surface area contributed by atoms with E-state index in [9.17, 15) is 4.79 Å². The van der Waals surface area contributed by atoms with Gasteiger partial charge in [0.25, 0.3) is 0 Å². The first-order chi connectivity index (χ1) is 10.7. The predicted molar refractivity (Wildman–Crippen MR) is 90.5 cm³/mol. The molecule has 6 heteroatoms. The molecule has 1 fully saturated rings. The van der Waals surface area contributed by atoms with Crippen molar-refractivity contribution in [2.24, 2.45) is 11.7 Å². The Hall–Kier alpha value is -1.85. The van der Waals surface area contributed by atoms with E-state index in [1.54, 1.807) is 0 Å². The van der Waals surface area contributed by atoms with Crippen LogP contribution in [0.4, 0.5) is 0 Å². The zero-order valence-electron chi connectivity index (χ0n) is 13.1. The number of rotatable bonds is 4. The summed E-state index contributed by atoms with van der Waals surface area (Å²) in [5.74, 6) is 1.44. The molecule has 1 aliphatic rings. The average molecular weight is 336 g/mol. The fourth-order valence-corrected chi connectivity index (χ4v) is 3.16. The number of carbonyl (C=O) groups is 1. The highest BCUT2D eigenvalue weighted by molar-refractivity contribution is 5.85. The van der Waals surface area contributed by atoms with E-state index in [1.165, 1.54) is 5.56 Å². The lowest BCUT2D eigenvalue weighted by Crippen LogP contribution is -2.31. The highest BCUT2D eigenvalue weighted by atomic mass is 35.5. The summed E-state index contributed by atoms with van der Waals surface area (Å²) in [7, 11) is 0. The van der Waals surface area contributed by atoms with Crippen LogP contribution >= 0.6 is 12.4 Å². The van der Waals surface area contributed by atoms with E-state index < -0.39 is 0 Å². The number of likely N-dealkylation sites (tertiary alicyclic amines) is 1. The van der Waals surface area contributed by atoms with Gasteiger partial charge < -0.3 is 15.2 Å². The Morgan fingerprint density at radius 3 is 2.70 bits per heavy atom. The number of aromatic nitrogens is 1. The van der Waals surface area contributed by atoms with E-state index in [1.807, 2.05) is 36.1 Å². The minimum Gasteiger partial charge on any atom is -0.361 e. The highest BCUT2D eigenvalue weighted by Crippen LogP contribution is 2.32. The number of halogens is 1. The molecule has 1 aromatic carbocycles. The van der Waals surface area contributed by atoms with Gasteiger partial charge in [-0.3, -0.25) is 4.79 Å². The molecule has 2 aromatic rings. The van der Waals surface area contributed by atoms with Gasteiger partial charge in [0, 0.05) is 25.1 Å². The van der Waals surface area contributed by atoms with Gasteiger partial charge in [-0.15, -0.1) is 12.4 Å². The lowest BCUT2D eigenvalue weighted by molar-refractivity contribution is -0.129. The second-order valence-corrected chi connectivity index (χ2v) is 5.92. The fourth-order valence-electron chi connectivity index (χ4n) is 3.16. The van der Waals surface area contributed by atoms with Gasteiger partial charge in [0.2, 0.25) is 5.91 Å². The molecule has 2 atom stereocenters. The molecule has 0 saturated carbocycles. The summed E-state index contributed by atoms with van der Waals surface area (Å²) in [4.78, 5) is 14.4. The molecule has 0 radical (unpaired) electrons. The molecule has 3 rings (SSSR count). The molecule has 1 aliphatic heterocycles. The van der Waals surface area contributed by atoms with Gasteiger partial charge in [-0.2, -0.15) is 0 Å². The summed E-state index contributed by atoms with van der Waals surface area (Å²) in [6.07, 6.45) is 0.288. The third kappa shape index (κ3) is 3.92. The molecule has 1 aromatic heterocycles. The van der Waals surface area contributed by atoms with Crippen molar-refractivity contribution in [3.05, 3.63) is 53.4 Å². The summed E-state index contributed by atoms with van der Waals surface area (Å²) in [5.41, 5.74) is 7.86. The molecular weight excluding hydrogens is 314 g/mol. The lowest BCUT2D eigenvalue weighted by Gasteiger charge is -2.16. The Bertz CT molecular complexity index is 644. The molecule has 0 aliphatic carbocycles. The monoisotopic (exact) mass is 335 g/mol. The zero-order valence-corrected chi connectivity index (χ0v) is 14.0. The highest BCUT2D eigenvalue weighted by Gasteiger charge is 2.35. The lowest BCUT2D eigenvalue weighted by atomic mass is 9.89. The molecule has 1 saturated heterocycles. The number of hydrogen-bond donors (Lipinski definition) is 1. The molecule has 1 amide bonds. The van der Waals surface area contributed by atoms with Gasteiger partial charge in [0.15, 0.2) is 0 Å². The number of aryl methyl sites for hydroxylation is 1. The summed E-state index contributed by atoms with van der Waals surface area (Å²) in [6, 6.07) is 12.1. The standard InChI is InChI=1S/C17H21N3O2.ClH/c1-12-7-15(19-22-12)8-17(21)20-10-14(9-18)16(11-20)13-5-3-2-4-6-13;/h2-7,14,16H,8-11,18H2,1H3;1H/t14-,16+;/m1./s1. The molecule has 0 unspecified atom stereocenters. The number of nitrogens with zero attached hydrogens (tertiary/aromatic N) is 2. The van der Waals surface area contributed by atoms with Crippen molar-refractivity contribution in [1.82, 2.24) is 10.1 Å². The number of carbonyl (C=O) groups excluding carboxylic acids is 1. The van der Waals surface area contributed by atoms with Crippen LogP contribution in [0.5, 0.6) is 0 Å². The van der Waals surface area contributed by atoms with Crippen LogP contribution in [-0.4, -0.2) is 35.6 Å². The van der Waals surface area contributed by atoms with E-state index in [0.29, 0.717) is 30.6 Å². The van der Waals surface area contributed by atoms with Gasteiger partial charge in [0.1, 0.15) is 5.76 Å². The van der Waals surface area contributed by atoms with Crippen LogP contribution in [0, 0.1) is 12.8 Å².